The normalized spacial score (nSPS) is 21.1. The molecule has 3 aromatic rings. The number of hydrogen-bond donors (Lipinski definition) is 0. The molecule has 32 heavy (non-hydrogen) atoms. The Morgan fingerprint density at radius 2 is 1.84 bits per heavy atom. The molecule has 2 aromatic carbocycles. The molecule has 1 aliphatic carbocycles. The first kappa shape index (κ1) is 22.6. The predicted octanol–water partition coefficient (Wildman–Crippen LogP) is 5.48. The van der Waals surface area contributed by atoms with Crippen LogP contribution in [-0.2, 0) is 9.53 Å². The SMILES string of the molecule is CC(C)[C@@H]1CC[C@@H](C)C[C@@H]1OC(=O)CSc1nc2ccccc2c(=O)n1-c1ccccc1. The number of thioether (sulfide) groups is 1. The summed E-state index contributed by atoms with van der Waals surface area (Å²) in [5.74, 6) is 1.33. The van der Waals surface area contributed by atoms with E-state index in [2.05, 4.69) is 20.8 Å². The molecule has 1 aliphatic rings. The number of carbonyl (C=O) groups excluding carboxylic acids is 1. The summed E-state index contributed by atoms with van der Waals surface area (Å²) in [5.41, 5.74) is 1.22. The van der Waals surface area contributed by atoms with Crippen molar-refractivity contribution in [3.63, 3.8) is 0 Å². The third-order valence-electron chi connectivity index (χ3n) is 6.32. The minimum atomic E-state index is -0.248. The molecule has 1 fully saturated rings. The van der Waals surface area contributed by atoms with Crippen molar-refractivity contribution >= 4 is 28.6 Å². The molecule has 0 bridgehead atoms. The highest BCUT2D eigenvalue weighted by Crippen LogP contribution is 2.35. The first-order chi connectivity index (χ1) is 15.4. The maximum absolute atomic E-state index is 13.3. The molecule has 1 aromatic heterocycles. The molecule has 6 heteroatoms. The summed E-state index contributed by atoms with van der Waals surface area (Å²) in [6.07, 6.45) is 3.18. The van der Waals surface area contributed by atoms with Crippen LogP contribution in [0, 0.1) is 17.8 Å². The van der Waals surface area contributed by atoms with Gasteiger partial charge in [0.05, 0.1) is 22.3 Å². The second-order valence-electron chi connectivity index (χ2n) is 9.03. The van der Waals surface area contributed by atoms with E-state index in [0.717, 1.165) is 18.5 Å². The molecule has 0 saturated heterocycles. The molecule has 0 radical (unpaired) electrons. The van der Waals surface area contributed by atoms with Crippen molar-refractivity contribution in [2.24, 2.45) is 17.8 Å². The van der Waals surface area contributed by atoms with Gasteiger partial charge in [-0.25, -0.2) is 4.98 Å². The lowest BCUT2D eigenvalue weighted by Gasteiger charge is -2.36. The van der Waals surface area contributed by atoms with Crippen molar-refractivity contribution in [1.29, 1.82) is 0 Å². The molecule has 3 atom stereocenters. The van der Waals surface area contributed by atoms with E-state index in [-0.39, 0.29) is 23.4 Å². The summed E-state index contributed by atoms with van der Waals surface area (Å²) in [5, 5.41) is 1.05. The lowest BCUT2D eigenvalue weighted by atomic mass is 9.75. The van der Waals surface area contributed by atoms with Crippen LogP contribution < -0.4 is 5.56 Å². The van der Waals surface area contributed by atoms with E-state index in [0.29, 0.717) is 33.8 Å². The Labute approximate surface area is 193 Å². The van der Waals surface area contributed by atoms with Gasteiger partial charge >= 0.3 is 5.97 Å². The summed E-state index contributed by atoms with van der Waals surface area (Å²) in [6, 6.07) is 16.7. The van der Waals surface area contributed by atoms with E-state index in [9.17, 15) is 9.59 Å². The average Bonchev–Trinajstić information content (AvgIpc) is 2.78. The first-order valence-corrected chi connectivity index (χ1v) is 12.3. The number of hydrogen-bond acceptors (Lipinski definition) is 5. The zero-order valence-electron chi connectivity index (χ0n) is 18.9. The van der Waals surface area contributed by atoms with Crippen LogP contribution in [0.25, 0.3) is 16.6 Å². The van der Waals surface area contributed by atoms with Crippen LogP contribution in [0.1, 0.15) is 40.0 Å². The van der Waals surface area contributed by atoms with E-state index in [1.54, 1.807) is 10.6 Å². The molecule has 4 rings (SSSR count). The second-order valence-corrected chi connectivity index (χ2v) is 9.97. The Morgan fingerprint density at radius 1 is 1.12 bits per heavy atom. The van der Waals surface area contributed by atoms with Crippen molar-refractivity contribution in [3.8, 4) is 5.69 Å². The van der Waals surface area contributed by atoms with Crippen molar-refractivity contribution in [2.45, 2.75) is 51.3 Å². The minimum Gasteiger partial charge on any atom is -0.461 e. The van der Waals surface area contributed by atoms with Crippen molar-refractivity contribution in [3.05, 3.63) is 65.0 Å². The van der Waals surface area contributed by atoms with Gasteiger partial charge in [0.2, 0.25) is 0 Å². The van der Waals surface area contributed by atoms with Gasteiger partial charge in [0.25, 0.3) is 5.56 Å². The molecule has 0 N–H and O–H groups in total. The number of benzene rings is 2. The van der Waals surface area contributed by atoms with Crippen molar-refractivity contribution in [1.82, 2.24) is 9.55 Å². The van der Waals surface area contributed by atoms with Gasteiger partial charge in [-0.1, -0.05) is 69.3 Å². The Bertz CT molecular complexity index is 1140. The third kappa shape index (κ3) is 4.90. The largest absolute Gasteiger partial charge is 0.461 e. The van der Waals surface area contributed by atoms with Crippen LogP contribution in [0.15, 0.2) is 64.5 Å². The number of rotatable bonds is 6. The number of ether oxygens (including phenoxy) is 1. The quantitative estimate of drug-likeness (QED) is 0.283. The van der Waals surface area contributed by atoms with E-state index in [1.807, 2.05) is 48.5 Å². The van der Waals surface area contributed by atoms with E-state index >= 15 is 0 Å². The maximum Gasteiger partial charge on any atom is 0.316 e. The number of nitrogens with zero attached hydrogens (tertiary/aromatic N) is 2. The highest BCUT2D eigenvalue weighted by atomic mass is 32.2. The Kier molecular flexibility index (Phi) is 6.99. The fourth-order valence-electron chi connectivity index (χ4n) is 4.59. The van der Waals surface area contributed by atoms with Crippen LogP contribution >= 0.6 is 11.8 Å². The third-order valence-corrected chi connectivity index (χ3v) is 7.23. The molecule has 0 aliphatic heterocycles. The van der Waals surface area contributed by atoms with Crippen LogP contribution in [0.2, 0.25) is 0 Å². The fraction of sp³-hybridized carbons (Fsp3) is 0.423. The zero-order chi connectivity index (χ0) is 22.7. The van der Waals surface area contributed by atoms with E-state index < -0.39 is 0 Å². The molecule has 5 nitrogen and oxygen atoms in total. The fourth-order valence-corrected chi connectivity index (χ4v) is 5.39. The molecule has 0 unspecified atom stereocenters. The van der Waals surface area contributed by atoms with E-state index in [4.69, 9.17) is 9.72 Å². The molecule has 1 heterocycles. The smallest absolute Gasteiger partial charge is 0.316 e. The first-order valence-electron chi connectivity index (χ1n) is 11.3. The molecule has 0 amide bonds. The number of para-hydroxylation sites is 2. The van der Waals surface area contributed by atoms with Crippen LogP contribution in [0.5, 0.6) is 0 Å². The van der Waals surface area contributed by atoms with Gasteiger partial charge < -0.3 is 4.74 Å². The molecular formula is C26H30N2O3S. The minimum absolute atomic E-state index is 0.0345. The summed E-state index contributed by atoms with van der Waals surface area (Å²) >= 11 is 1.26. The van der Waals surface area contributed by atoms with E-state index in [1.165, 1.54) is 18.2 Å². The van der Waals surface area contributed by atoms with Gasteiger partial charge in [-0.15, -0.1) is 0 Å². The summed E-state index contributed by atoms with van der Waals surface area (Å²) in [7, 11) is 0. The standard InChI is InChI=1S/C26H30N2O3S/c1-17(2)20-14-13-18(3)15-23(20)31-24(29)16-32-26-27-22-12-8-7-11-21(22)25(30)28(26)19-9-5-4-6-10-19/h4-12,17-18,20,23H,13-16H2,1-3H3/t18-,20+,23+/m1/s1. The van der Waals surface area contributed by atoms with Gasteiger partial charge in [-0.2, -0.15) is 0 Å². The highest BCUT2D eigenvalue weighted by Gasteiger charge is 2.33. The average molecular weight is 451 g/mol. The van der Waals surface area contributed by atoms with Gasteiger partial charge in [0, 0.05) is 0 Å². The molecule has 168 valence electrons. The second kappa shape index (κ2) is 9.90. The van der Waals surface area contributed by atoms with Gasteiger partial charge in [0.15, 0.2) is 5.16 Å². The van der Waals surface area contributed by atoms with Crippen molar-refractivity contribution in [2.75, 3.05) is 5.75 Å². The number of esters is 1. The van der Waals surface area contributed by atoms with Crippen LogP contribution in [0.4, 0.5) is 0 Å². The zero-order valence-corrected chi connectivity index (χ0v) is 19.7. The van der Waals surface area contributed by atoms with Gasteiger partial charge in [-0.05, 0) is 54.9 Å². The number of fused-ring (bicyclic) bond motifs is 1. The molecule has 1 saturated carbocycles. The van der Waals surface area contributed by atoms with Gasteiger partial charge in [-0.3, -0.25) is 14.2 Å². The predicted molar refractivity (Wildman–Crippen MR) is 129 cm³/mol. The maximum atomic E-state index is 13.3. The van der Waals surface area contributed by atoms with Crippen LogP contribution in [-0.4, -0.2) is 27.4 Å². The summed E-state index contributed by atoms with van der Waals surface area (Å²) in [4.78, 5) is 30.8. The lowest BCUT2D eigenvalue weighted by molar-refractivity contribution is -0.152. The lowest BCUT2D eigenvalue weighted by Crippen LogP contribution is -2.36. The van der Waals surface area contributed by atoms with Crippen molar-refractivity contribution < 1.29 is 9.53 Å². The summed E-state index contributed by atoms with van der Waals surface area (Å²) < 4.78 is 7.53. The van der Waals surface area contributed by atoms with Crippen LogP contribution in [0.3, 0.4) is 0 Å². The Morgan fingerprint density at radius 3 is 2.59 bits per heavy atom. The monoisotopic (exact) mass is 450 g/mol. The molecular weight excluding hydrogens is 420 g/mol. The molecule has 0 spiro atoms. The number of carbonyl (C=O) groups is 1. The van der Waals surface area contributed by atoms with Gasteiger partial charge in [0.1, 0.15) is 6.10 Å². The Balaban J connectivity index is 1.57. The highest BCUT2D eigenvalue weighted by molar-refractivity contribution is 7.99. The number of aromatic nitrogens is 2. The topological polar surface area (TPSA) is 61.2 Å². The Hall–Kier alpha value is -2.60. The summed E-state index contributed by atoms with van der Waals surface area (Å²) in [6.45, 7) is 6.63.